The molecule has 1 amide bonds. The van der Waals surface area contributed by atoms with Crippen LogP contribution in [0, 0.1) is 6.92 Å². The van der Waals surface area contributed by atoms with Crippen molar-refractivity contribution in [1.82, 2.24) is 9.88 Å². The molecule has 0 spiro atoms. The zero-order valence-electron chi connectivity index (χ0n) is 12.3. The lowest BCUT2D eigenvalue weighted by molar-refractivity contribution is -0.132. The molecule has 0 aliphatic carbocycles. The number of ether oxygens (including phenoxy) is 2. The maximum atomic E-state index is 12.4. The molecule has 0 N–H and O–H groups in total. The van der Waals surface area contributed by atoms with Crippen molar-refractivity contribution in [3.63, 3.8) is 0 Å². The molecule has 0 aromatic carbocycles. The van der Waals surface area contributed by atoms with E-state index < -0.39 is 0 Å². The largest absolute Gasteiger partial charge is 0.383 e. The first-order chi connectivity index (χ1) is 9.63. The number of pyridine rings is 1. The summed E-state index contributed by atoms with van der Waals surface area (Å²) in [5, 5.41) is 0. The van der Waals surface area contributed by atoms with E-state index in [0.29, 0.717) is 19.6 Å². The lowest BCUT2D eigenvalue weighted by Crippen LogP contribution is -2.39. The Kier molecular flexibility index (Phi) is 5.09. The Hall–Kier alpha value is -1.46. The van der Waals surface area contributed by atoms with Gasteiger partial charge in [-0.3, -0.25) is 9.78 Å². The molecule has 0 unspecified atom stereocenters. The average Bonchev–Trinajstić information content (AvgIpc) is 2.85. The number of hydrogen-bond donors (Lipinski definition) is 0. The van der Waals surface area contributed by atoms with Crippen molar-refractivity contribution in [2.75, 3.05) is 27.4 Å². The quantitative estimate of drug-likeness (QED) is 0.812. The minimum atomic E-state index is 0.107. The van der Waals surface area contributed by atoms with Gasteiger partial charge in [0, 0.05) is 32.7 Å². The molecule has 20 heavy (non-hydrogen) atoms. The van der Waals surface area contributed by atoms with Gasteiger partial charge in [0.1, 0.15) is 0 Å². The molecular weight excluding hydrogens is 256 g/mol. The maximum Gasteiger partial charge on any atom is 0.227 e. The molecule has 1 aliphatic rings. The van der Waals surface area contributed by atoms with Crippen molar-refractivity contribution in [1.29, 1.82) is 0 Å². The standard InChI is InChI=1S/C15H22N2O3/c1-11-4-5-12(8-16-11)6-15(18)17-9-14(20-3)7-13(17)10-19-2/h4-5,8,13-14H,6-7,9-10H2,1-3H3/t13-,14-/m0/s1. The Balaban J connectivity index is 2.01. The zero-order valence-corrected chi connectivity index (χ0v) is 12.3. The molecule has 0 bridgehead atoms. The second-order valence-electron chi connectivity index (χ2n) is 5.23. The fraction of sp³-hybridized carbons (Fsp3) is 0.600. The molecule has 2 rings (SSSR count). The van der Waals surface area contributed by atoms with Gasteiger partial charge in [-0.2, -0.15) is 0 Å². The van der Waals surface area contributed by atoms with E-state index in [4.69, 9.17) is 9.47 Å². The Labute approximate surface area is 119 Å². The van der Waals surface area contributed by atoms with Crippen LogP contribution in [0.2, 0.25) is 0 Å². The van der Waals surface area contributed by atoms with Crippen molar-refractivity contribution in [3.05, 3.63) is 29.6 Å². The number of rotatable bonds is 5. The van der Waals surface area contributed by atoms with Gasteiger partial charge in [0.25, 0.3) is 0 Å². The molecule has 0 saturated carbocycles. The van der Waals surface area contributed by atoms with E-state index in [2.05, 4.69) is 4.98 Å². The van der Waals surface area contributed by atoms with Crippen LogP contribution in [0.1, 0.15) is 17.7 Å². The summed E-state index contributed by atoms with van der Waals surface area (Å²) in [5.41, 5.74) is 1.90. The van der Waals surface area contributed by atoms with Crippen LogP contribution in [0.15, 0.2) is 18.3 Å². The van der Waals surface area contributed by atoms with E-state index in [0.717, 1.165) is 17.7 Å². The highest BCUT2D eigenvalue weighted by molar-refractivity contribution is 5.79. The lowest BCUT2D eigenvalue weighted by Gasteiger charge is -2.23. The van der Waals surface area contributed by atoms with Gasteiger partial charge in [-0.1, -0.05) is 6.07 Å². The van der Waals surface area contributed by atoms with Crippen LogP contribution in [0.3, 0.4) is 0 Å². The topological polar surface area (TPSA) is 51.7 Å². The van der Waals surface area contributed by atoms with Gasteiger partial charge in [0.05, 0.1) is 25.2 Å². The number of aryl methyl sites for hydroxylation is 1. The predicted octanol–water partition coefficient (Wildman–Crippen LogP) is 1.19. The number of carbonyl (C=O) groups excluding carboxylic acids is 1. The van der Waals surface area contributed by atoms with E-state index in [1.54, 1.807) is 20.4 Å². The van der Waals surface area contributed by atoms with Crippen LogP contribution in [-0.4, -0.2) is 55.3 Å². The van der Waals surface area contributed by atoms with Crippen LogP contribution < -0.4 is 0 Å². The van der Waals surface area contributed by atoms with Gasteiger partial charge in [0.15, 0.2) is 0 Å². The predicted molar refractivity (Wildman–Crippen MR) is 75.5 cm³/mol. The van der Waals surface area contributed by atoms with Crippen LogP contribution >= 0.6 is 0 Å². The highest BCUT2D eigenvalue weighted by Gasteiger charge is 2.35. The third kappa shape index (κ3) is 3.55. The van der Waals surface area contributed by atoms with Crippen molar-refractivity contribution in [2.45, 2.75) is 31.9 Å². The summed E-state index contributed by atoms with van der Waals surface area (Å²) in [6.45, 7) is 3.13. The third-order valence-corrected chi connectivity index (χ3v) is 3.72. The third-order valence-electron chi connectivity index (χ3n) is 3.72. The molecule has 0 radical (unpaired) electrons. The number of amides is 1. The first-order valence-corrected chi connectivity index (χ1v) is 6.86. The summed E-state index contributed by atoms with van der Waals surface area (Å²) in [4.78, 5) is 18.5. The van der Waals surface area contributed by atoms with Crippen molar-refractivity contribution in [3.8, 4) is 0 Å². The summed E-state index contributed by atoms with van der Waals surface area (Å²) < 4.78 is 10.6. The van der Waals surface area contributed by atoms with Crippen LogP contribution in [-0.2, 0) is 20.7 Å². The highest BCUT2D eigenvalue weighted by Crippen LogP contribution is 2.21. The molecule has 1 fully saturated rings. The Morgan fingerprint density at radius 1 is 1.45 bits per heavy atom. The van der Waals surface area contributed by atoms with Crippen LogP contribution in [0.4, 0.5) is 0 Å². The van der Waals surface area contributed by atoms with Crippen LogP contribution in [0.5, 0.6) is 0 Å². The highest BCUT2D eigenvalue weighted by atomic mass is 16.5. The van der Waals surface area contributed by atoms with E-state index in [1.165, 1.54) is 0 Å². The lowest BCUT2D eigenvalue weighted by atomic mass is 10.1. The first-order valence-electron chi connectivity index (χ1n) is 6.86. The van der Waals surface area contributed by atoms with Gasteiger partial charge in [-0.05, 0) is 25.0 Å². The summed E-state index contributed by atoms with van der Waals surface area (Å²) in [7, 11) is 3.35. The minimum absolute atomic E-state index is 0.107. The summed E-state index contributed by atoms with van der Waals surface area (Å²) in [6, 6.07) is 3.99. The maximum absolute atomic E-state index is 12.4. The van der Waals surface area contributed by atoms with E-state index >= 15 is 0 Å². The molecule has 1 aromatic rings. The number of methoxy groups -OCH3 is 2. The van der Waals surface area contributed by atoms with Gasteiger partial charge < -0.3 is 14.4 Å². The first kappa shape index (κ1) is 14.9. The fourth-order valence-corrected chi connectivity index (χ4v) is 2.58. The van der Waals surface area contributed by atoms with E-state index in [-0.39, 0.29) is 18.1 Å². The number of hydrogen-bond acceptors (Lipinski definition) is 4. The second kappa shape index (κ2) is 6.81. The monoisotopic (exact) mass is 278 g/mol. The summed E-state index contributed by atoms with van der Waals surface area (Å²) >= 11 is 0. The molecule has 2 atom stereocenters. The van der Waals surface area contributed by atoms with E-state index in [9.17, 15) is 4.79 Å². The van der Waals surface area contributed by atoms with Crippen molar-refractivity contribution < 1.29 is 14.3 Å². The van der Waals surface area contributed by atoms with Gasteiger partial charge in [-0.15, -0.1) is 0 Å². The number of carbonyl (C=O) groups is 1. The molecular formula is C15H22N2O3. The number of nitrogens with zero attached hydrogens (tertiary/aromatic N) is 2. The normalized spacial score (nSPS) is 22.2. The van der Waals surface area contributed by atoms with Gasteiger partial charge >= 0.3 is 0 Å². The molecule has 2 heterocycles. The second-order valence-corrected chi connectivity index (χ2v) is 5.23. The minimum Gasteiger partial charge on any atom is -0.383 e. The van der Waals surface area contributed by atoms with Crippen molar-refractivity contribution in [2.24, 2.45) is 0 Å². The Morgan fingerprint density at radius 2 is 2.25 bits per heavy atom. The molecule has 1 aliphatic heterocycles. The number of likely N-dealkylation sites (tertiary alicyclic amines) is 1. The van der Waals surface area contributed by atoms with E-state index in [1.807, 2.05) is 24.0 Å². The summed E-state index contributed by atoms with van der Waals surface area (Å²) in [6.07, 6.45) is 3.09. The van der Waals surface area contributed by atoms with Crippen LogP contribution in [0.25, 0.3) is 0 Å². The molecule has 110 valence electrons. The van der Waals surface area contributed by atoms with Gasteiger partial charge in [0.2, 0.25) is 5.91 Å². The Bertz CT molecular complexity index is 447. The smallest absolute Gasteiger partial charge is 0.227 e. The molecule has 1 aromatic heterocycles. The Morgan fingerprint density at radius 3 is 2.85 bits per heavy atom. The zero-order chi connectivity index (χ0) is 14.5. The molecule has 5 heteroatoms. The van der Waals surface area contributed by atoms with Crippen molar-refractivity contribution >= 4 is 5.91 Å². The van der Waals surface area contributed by atoms with Gasteiger partial charge in [-0.25, -0.2) is 0 Å². The average molecular weight is 278 g/mol. The molecule has 5 nitrogen and oxygen atoms in total. The number of aromatic nitrogens is 1. The SMILES string of the molecule is COC[C@@H]1C[C@H](OC)CN1C(=O)Cc1ccc(C)nc1. The summed E-state index contributed by atoms with van der Waals surface area (Å²) in [5.74, 6) is 0.109. The molecule has 1 saturated heterocycles. The fourth-order valence-electron chi connectivity index (χ4n) is 2.58.